The number of ether oxygens (including phenoxy) is 1. The Kier molecular flexibility index (Phi) is 3.39. The van der Waals surface area contributed by atoms with Crippen molar-refractivity contribution in [1.82, 2.24) is 19.9 Å². The highest BCUT2D eigenvalue weighted by molar-refractivity contribution is 6.30. The highest BCUT2D eigenvalue weighted by atomic mass is 35.5. The van der Waals surface area contributed by atoms with E-state index in [1.54, 1.807) is 13.4 Å². The summed E-state index contributed by atoms with van der Waals surface area (Å²) in [5.74, 6) is 0.919. The maximum absolute atomic E-state index is 5.94. The van der Waals surface area contributed by atoms with E-state index in [9.17, 15) is 0 Å². The number of nitrogens with one attached hydrogen (secondary N) is 2. The zero-order valence-corrected chi connectivity index (χ0v) is 11.5. The number of halogens is 1. The third-order valence-corrected chi connectivity index (χ3v) is 2.98. The van der Waals surface area contributed by atoms with Crippen molar-refractivity contribution >= 4 is 28.7 Å². The number of hydrogen-bond acceptors (Lipinski definition) is 5. The third kappa shape index (κ3) is 2.50. The van der Waals surface area contributed by atoms with Gasteiger partial charge in [0.2, 0.25) is 11.8 Å². The lowest BCUT2D eigenvalue weighted by molar-refractivity contribution is 0.297. The fourth-order valence-electron chi connectivity index (χ4n) is 1.80. The van der Waals surface area contributed by atoms with Crippen LogP contribution in [0.5, 0.6) is 5.88 Å². The van der Waals surface area contributed by atoms with Crippen LogP contribution in [-0.4, -0.2) is 27.0 Å². The normalized spacial score (nSPS) is 10.7. The monoisotopic (exact) mass is 289 g/mol. The number of anilines is 1. The van der Waals surface area contributed by atoms with E-state index in [1.165, 1.54) is 0 Å². The van der Waals surface area contributed by atoms with Gasteiger partial charge in [0.05, 0.1) is 6.33 Å². The topological polar surface area (TPSA) is 75.7 Å². The lowest BCUT2D eigenvalue weighted by Crippen LogP contribution is -2.02. The van der Waals surface area contributed by atoms with E-state index in [-0.39, 0.29) is 0 Å². The zero-order valence-electron chi connectivity index (χ0n) is 10.7. The van der Waals surface area contributed by atoms with Crippen molar-refractivity contribution in [3.63, 3.8) is 0 Å². The number of imidazole rings is 1. The van der Waals surface area contributed by atoms with E-state index < -0.39 is 0 Å². The Morgan fingerprint density at radius 2 is 2.25 bits per heavy atom. The van der Waals surface area contributed by atoms with Crippen LogP contribution < -0.4 is 10.1 Å². The SMILES string of the molecule is CNc1nc(OCc2cccc(Cl)c2)c2[nH]cnc2n1. The molecule has 0 aliphatic rings. The molecule has 0 bridgehead atoms. The molecule has 2 aromatic heterocycles. The van der Waals surface area contributed by atoms with E-state index in [1.807, 2.05) is 24.3 Å². The van der Waals surface area contributed by atoms with Gasteiger partial charge in [0.15, 0.2) is 5.65 Å². The van der Waals surface area contributed by atoms with Crippen LogP contribution in [-0.2, 0) is 6.61 Å². The summed E-state index contributed by atoms with van der Waals surface area (Å²) >= 11 is 5.94. The average molecular weight is 290 g/mol. The van der Waals surface area contributed by atoms with Crippen LogP contribution in [0.2, 0.25) is 5.02 Å². The molecule has 0 fully saturated rings. The Morgan fingerprint density at radius 1 is 1.35 bits per heavy atom. The van der Waals surface area contributed by atoms with Gasteiger partial charge in [0, 0.05) is 12.1 Å². The van der Waals surface area contributed by atoms with Crippen LogP contribution in [0, 0.1) is 0 Å². The van der Waals surface area contributed by atoms with E-state index in [0.717, 1.165) is 5.56 Å². The van der Waals surface area contributed by atoms with Gasteiger partial charge in [0.1, 0.15) is 12.1 Å². The number of fused-ring (bicyclic) bond motifs is 1. The Balaban J connectivity index is 1.88. The van der Waals surface area contributed by atoms with Crippen molar-refractivity contribution in [2.24, 2.45) is 0 Å². The first-order chi connectivity index (χ1) is 9.76. The number of benzene rings is 1. The second kappa shape index (κ2) is 5.34. The minimum absolute atomic E-state index is 0.370. The molecule has 0 saturated heterocycles. The van der Waals surface area contributed by atoms with Gasteiger partial charge >= 0.3 is 0 Å². The predicted octanol–water partition coefficient (Wildman–Crippen LogP) is 2.63. The fraction of sp³-hybridized carbons (Fsp3) is 0.154. The van der Waals surface area contributed by atoms with Gasteiger partial charge in [-0.3, -0.25) is 0 Å². The number of hydrogen-bond donors (Lipinski definition) is 2. The second-order valence-corrected chi connectivity index (χ2v) is 4.56. The Bertz CT molecular complexity index is 742. The van der Waals surface area contributed by atoms with Gasteiger partial charge in [-0.05, 0) is 17.7 Å². The summed E-state index contributed by atoms with van der Waals surface area (Å²) in [4.78, 5) is 15.6. The minimum Gasteiger partial charge on any atom is -0.471 e. The van der Waals surface area contributed by atoms with Gasteiger partial charge in [0.25, 0.3) is 0 Å². The largest absolute Gasteiger partial charge is 0.471 e. The molecule has 3 rings (SSSR count). The molecule has 1 aromatic carbocycles. The summed E-state index contributed by atoms with van der Waals surface area (Å²) in [6, 6.07) is 7.50. The smallest absolute Gasteiger partial charge is 0.245 e. The maximum Gasteiger partial charge on any atom is 0.245 e. The van der Waals surface area contributed by atoms with Crippen molar-refractivity contribution < 1.29 is 4.74 Å². The molecule has 102 valence electrons. The molecule has 0 radical (unpaired) electrons. The highest BCUT2D eigenvalue weighted by Gasteiger charge is 2.10. The van der Waals surface area contributed by atoms with E-state index in [0.29, 0.717) is 34.6 Å². The Hall–Kier alpha value is -2.34. The number of aromatic nitrogens is 4. The molecule has 2 heterocycles. The van der Waals surface area contributed by atoms with Gasteiger partial charge in [-0.1, -0.05) is 23.7 Å². The summed E-state index contributed by atoms with van der Waals surface area (Å²) in [5, 5.41) is 3.56. The molecule has 2 N–H and O–H groups in total. The molecule has 0 spiro atoms. The molecule has 3 aromatic rings. The summed E-state index contributed by atoms with van der Waals surface area (Å²) in [6.45, 7) is 0.370. The van der Waals surface area contributed by atoms with Crippen LogP contribution in [0.4, 0.5) is 5.95 Å². The van der Waals surface area contributed by atoms with Crippen molar-refractivity contribution in [2.75, 3.05) is 12.4 Å². The number of aromatic amines is 1. The van der Waals surface area contributed by atoms with E-state index in [2.05, 4.69) is 25.3 Å². The van der Waals surface area contributed by atoms with E-state index in [4.69, 9.17) is 16.3 Å². The standard InChI is InChI=1S/C13H12ClN5O/c1-15-13-18-11-10(16-7-17-11)12(19-13)20-6-8-3-2-4-9(14)5-8/h2-5,7H,6H2,1H3,(H2,15,16,17,18,19). The summed E-state index contributed by atoms with van der Waals surface area (Å²) < 4.78 is 5.74. The molecule has 0 saturated carbocycles. The highest BCUT2D eigenvalue weighted by Crippen LogP contribution is 2.22. The fourth-order valence-corrected chi connectivity index (χ4v) is 2.01. The lowest BCUT2D eigenvalue weighted by Gasteiger charge is -2.07. The molecule has 0 unspecified atom stereocenters. The van der Waals surface area contributed by atoms with Gasteiger partial charge in [-0.15, -0.1) is 0 Å². The predicted molar refractivity (Wildman–Crippen MR) is 77.0 cm³/mol. The van der Waals surface area contributed by atoms with E-state index >= 15 is 0 Å². The average Bonchev–Trinajstić information content (AvgIpc) is 2.93. The Labute approximate surface area is 120 Å². The number of nitrogens with zero attached hydrogens (tertiary/aromatic N) is 3. The molecule has 7 heteroatoms. The first kappa shape index (κ1) is 12.7. The summed E-state index contributed by atoms with van der Waals surface area (Å²) in [7, 11) is 1.74. The van der Waals surface area contributed by atoms with Crippen LogP contribution >= 0.6 is 11.6 Å². The summed E-state index contributed by atoms with van der Waals surface area (Å²) in [6.07, 6.45) is 1.56. The molecule has 0 aliphatic heterocycles. The first-order valence-corrected chi connectivity index (χ1v) is 6.40. The molecule has 20 heavy (non-hydrogen) atoms. The molecular weight excluding hydrogens is 278 g/mol. The number of rotatable bonds is 4. The molecule has 0 amide bonds. The van der Waals surface area contributed by atoms with Crippen molar-refractivity contribution in [3.8, 4) is 5.88 Å². The lowest BCUT2D eigenvalue weighted by atomic mass is 10.2. The third-order valence-electron chi connectivity index (χ3n) is 2.74. The minimum atomic E-state index is 0.370. The van der Waals surface area contributed by atoms with Crippen LogP contribution in [0.1, 0.15) is 5.56 Å². The van der Waals surface area contributed by atoms with Gasteiger partial charge in [-0.25, -0.2) is 4.98 Å². The Morgan fingerprint density at radius 3 is 3.05 bits per heavy atom. The molecule has 0 atom stereocenters. The van der Waals surface area contributed by atoms with Crippen molar-refractivity contribution in [2.45, 2.75) is 6.61 Å². The molecule has 6 nitrogen and oxygen atoms in total. The maximum atomic E-state index is 5.94. The second-order valence-electron chi connectivity index (χ2n) is 4.12. The number of H-pyrrole nitrogens is 1. The van der Waals surface area contributed by atoms with Crippen LogP contribution in [0.25, 0.3) is 11.2 Å². The van der Waals surface area contributed by atoms with Crippen molar-refractivity contribution in [3.05, 3.63) is 41.2 Å². The molecular formula is C13H12ClN5O. The van der Waals surface area contributed by atoms with Gasteiger partial charge < -0.3 is 15.0 Å². The first-order valence-electron chi connectivity index (χ1n) is 6.02. The van der Waals surface area contributed by atoms with Crippen LogP contribution in [0.15, 0.2) is 30.6 Å². The van der Waals surface area contributed by atoms with Gasteiger partial charge in [-0.2, -0.15) is 9.97 Å². The quantitative estimate of drug-likeness (QED) is 0.772. The molecule has 0 aliphatic carbocycles. The summed E-state index contributed by atoms with van der Waals surface area (Å²) in [5.41, 5.74) is 2.20. The zero-order chi connectivity index (χ0) is 13.9. The van der Waals surface area contributed by atoms with Crippen LogP contribution in [0.3, 0.4) is 0 Å². The van der Waals surface area contributed by atoms with Crippen molar-refractivity contribution in [1.29, 1.82) is 0 Å².